The molecule has 0 radical (unpaired) electrons. The van der Waals surface area contributed by atoms with Crippen LogP contribution in [0.15, 0.2) is 41.3 Å². The molecule has 2 N–H and O–H groups in total. The Kier molecular flexibility index (Phi) is 9.14. The number of rotatable bonds is 6. The summed E-state index contributed by atoms with van der Waals surface area (Å²) in [6.07, 6.45) is 1.92. The van der Waals surface area contributed by atoms with Gasteiger partial charge in [0, 0.05) is 11.6 Å². The molecule has 1 fully saturated rings. The monoisotopic (exact) mass is 499 g/mol. The Bertz CT molecular complexity index is 1070. The summed E-state index contributed by atoms with van der Waals surface area (Å²) in [5, 5.41) is 2.97. The van der Waals surface area contributed by atoms with Crippen LogP contribution in [0.4, 0.5) is 5.69 Å². The van der Waals surface area contributed by atoms with Gasteiger partial charge >= 0.3 is 0 Å². The third kappa shape index (κ3) is 6.23. The standard InChI is InChI=1S/C23H30ClN3O3S.ClH/c1-15-7-5-6-8-19(15)23(28)25-21-13-16(2)22(14-20(21)24)31(29,30)26-17(3)18-9-11-27(4)12-10-18;/h5-8,13-14,17-18,26H,9-12H2,1-4H3,(H,25,28);1H. The number of carbonyl (C=O) groups excluding carboxylic acids is 1. The van der Waals surface area contributed by atoms with Crippen molar-refractivity contribution in [1.82, 2.24) is 9.62 Å². The van der Waals surface area contributed by atoms with Crippen molar-refractivity contribution in [2.45, 2.75) is 44.6 Å². The summed E-state index contributed by atoms with van der Waals surface area (Å²) in [5.41, 5.74) is 2.29. The van der Waals surface area contributed by atoms with Gasteiger partial charge in [-0.1, -0.05) is 29.8 Å². The van der Waals surface area contributed by atoms with Gasteiger partial charge in [0.2, 0.25) is 10.0 Å². The Labute approximate surface area is 202 Å². The molecule has 1 aliphatic rings. The van der Waals surface area contributed by atoms with Crippen LogP contribution in [0.3, 0.4) is 0 Å². The van der Waals surface area contributed by atoms with Crippen LogP contribution in [0.5, 0.6) is 0 Å². The second-order valence-corrected chi connectivity index (χ2v) is 10.5. The molecule has 1 heterocycles. The highest BCUT2D eigenvalue weighted by Crippen LogP contribution is 2.30. The summed E-state index contributed by atoms with van der Waals surface area (Å²) < 4.78 is 28.9. The number of sulfonamides is 1. The van der Waals surface area contributed by atoms with Crippen molar-refractivity contribution in [2.75, 3.05) is 25.5 Å². The molecule has 0 saturated carbocycles. The highest BCUT2D eigenvalue weighted by atomic mass is 35.5. The van der Waals surface area contributed by atoms with Crippen molar-refractivity contribution < 1.29 is 13.2 Å². The van der Waals surface area contributed by atoms with E-state index in [-0.39, 0.29) is 34.3 Å². The number of piperidine rings is 1. The van der Waals surface area contributed by atoms with E-state index < -0.39 is 10.0 Å². The van der Waals surface area contributed by atoms with Gasteiger partial charge in [-0.25, -0.2) is 13.1 Å². The summed E-state index contributed by atoms with van der Waals surface area (Å²) in [6.45, 7) is 7.41. The number of carbonyl (C=O) groups is 1. The molecule has 6 nitrogen and oxygen atoms in total. The number of amides is 1. The number of anilines is 1. The molecule has 2 aromatic carbocycles. The van der Waals surface area contributed by atoms with Gasteiger partial charge in [0.25, 0.3) is 5.91 Å². The molecule has 1 amide bonds. The lowest BCUT2D eigenvalue weighted by Gasteiger charge is -2.33. The number of aryl methyl sites for hydroxylation is 2. The van der Waals surface area contributed by atoms with Gasteiger partial charge in [0.05, 0.1) is 15.6 Å². The van der Waals surface area contributed by atoms with Crippen LogP contribution in [0, 0.1) is 19.8 Å². The van der Waals surface area contributed by atoms with E-state index in [1.54, 1.807) is 25.1 Å². The number of halogens is 2. The predicted molar refractivity (Wildman–Crippen MR) is 133 cm³/mol. The molecule has 0 aromatic heterocycles. The molecule has 0 spiro atoms. The van der Waals surface area contributed by atoms with Gasteiger partial charge in [0.15, 0.2) is 0 Å². The Hall–Kier alpha value is -1.64. The molecule has 0 bridgehead atoms. The van der Waals surface area contributed by atoms with E-state index in [9.17, 15) is 13.2 Å². The van der Waals surface area contributed by atoms with Crippen LogP contribution in [-0.4, -0.2) is 45.4 Å². The highest BCUT2D eigenvalue weighted by Gasteiger charge is 2.28. The molecule has 176 valence electrons. The van der Waals surface area contributed by atoms with Gasteiger partial charge in [-0.15, -0.1) is 12.4 Å². The predicted octanol–water partition coefficient (Wildman–Crippen LogP) is 4.64. The smallest absolute Gasteiger partial charge is 0.255 e. The van der Waals surface area contributed by atoms with Crippen LogP contribution in [0.25, 0.3) is 0 Å². The fourth-order valence-corrected chi connectivity index (χ4v) is 5.84. The lowest BCUT2D eigenvalue weighted by Crippen LogP contribution is -2.43. The van der Waals surface area contributed by atoms with Crippen LogP contribution in [0.2, 0.25) is 5.02 Å². The van der Waals surface area contributed by atoms with E-state index >= 15 is 0 Å². The van der Waals surface area contributed by atoms with Crippen molar-refractivity contribution in [2.24, 2.45) is 5.92 Å². The van der Waals surface area contributed by atoms with Crippen molar-refractivity contribution in [3.05, 3.63) is 58.1 Å². The van der Waals surface area contributed by atoms with E-state index in [1.165, 1.54) is 6.07 Å². The molecule has 1 saturated heterocycles. The molecule has 0 aliphatic carbocycles. The van der Waals surface area contributed by atoms with Gasteiger partial charge in [0.1, 0.15) is 0 Å². The van der Waals surface area contributed by atoms with Gasteiger partial charge in [-0.2, -0.15) is 0 Å². The van der Waals surface area contributed by atoms with Crippen molar-refractivity contribution in [3.63, 3.8) is 0 Å². The van der Waals surface area contributed by atoms with E-state index in [2.05, 4.69) is 22.0 Å². The first-order valence-corrected chi connectivity index (χ1v) is 12.3. The molecule has 2 aromatic rings. The van der Waals surface area contributed by atoms with Crippen LogP contribution >= 0.6 is 24.0 Å². The molecular formula is C23H31Cl2N3O3S. The number of nitrogens with one attached hydrogen (secondary N) is 2. The van der Waals surface area contributed by atoms with Crippen LogP contribution < -0.4 is 10.0 Å². The number of hydrogen-bond acceptors (Lipinski definition) is 4. The second kappa shape index (κ2) is 11.0. The number of benzene rings is 2. The second-order valence-electron chi connectivity index (χ2n) is 8.42. The van der Waals surface area contributed by atoms with E-state index in [4.69, 9.17) is 11.6 Å². The van der Waals surface area contributed by atoms with E-state index in [0.717, 1.165) is 31.5 Å². The Balaban J connectivity index is 0.00000363. The van der Waals surface area contributed by atoms with Crippen LogP contribution in [-0.2, 0) is 10.0 Å². The summed E-state index contributed by atoms with van der Waals surface area (Å²) in [6, 6.07) is 10.1. The zero-order valence-corrected chi connectivity index (χ0v) is 21.2. The van der Waals surface area contributed by atoms with Crippen LogP contribution in [0.1, 0.15) is 41.3 Å². The maximum absolute atomic E-state index is 13.1. The molecule has 32 heavy (non-hydrogen) atoms. The van der Waals surface area contributed by atoms with Crippen molar-refractivity contribution >= 4 is 45.6 Å². The number of likely N-dealkylation sites (tertiary alicyclic amines) is 1. The largest absolute Gasteiger partial charge is 0.321 e. The quantitative estimate of drug-likeness (QED) is 0.606. The van der Waals surface area contributed by atoms with E-state index in [0.29, 0.717) is 22.7 Å². The fourth-order valence-electron chi connectivity index (χ4n) is 4.00. The molecule has 1 unspecified atom stereocenters. The normalized spacial score (nSPS) is 16.3. The Morgan fingerprint density at radius 2 is 1.75 bits per heavy atom. The number of hydrogen-bond donors (Lipinski definition) is 2. The summed E-state index contributed by atoms with van der Waals surface area (Å²) in [5.74, 6) is 0.0125. The van der Waals surface area contributed by atoms with E-state index in [1.807, 2.05) is 26.0 Å². The first-order chi connectivity index (χ1) is 14.6. The van der Waals surface area contributed by atoms with Crippen molar-refractivity contribution in [1.29, 1.82) is 0 Å². The highest BCUT2D eigenvalue weighted by molar-refractivity contribution is 7.89. The minimum absolute atomic E-state index is 0. The molecular weight excluding hydrogens is 469 g/mol. The maximum atomic E-state index is 13.1. The van der Waals surface area contributed by atoms with Crippen molar-refractivity contribution in [3.8, 4) is 0 Å². The maximum Gasteiger partial charge on any atom is 0.255 e. The topological polar surface area (TPSA) is 78.5 Å². The zero-order valence-electron chi connectivity index (χ0n) is 18.8. The summed E-state index contributed by atoms with van der Waals surface area (Å²) in [4.78, 5) is 15.0. The molecule has 1 atom stereocenters. The molecule has 9 heteroatoms. The third-order valence-corrected chi connectivity index (χ3v) is 8.02. The summed E-state index contributed by atoms with van der Waals surface area (Å²) in [7, 11) is -1.66. The lowest BCUT2D eigenvalue weighted by molar-refractivity contribution is 0.102. The van der Waals surface area contributed by atoms with Gasteiger partial charge in [-0.3, -0.25) is 4.79 Å². The summed E-state index contributed by atoms with van der Waals surface area (Å²) >= 11 is 6.37. The number of nitrogens with zero attached hydrogens (tertiary/aromatic N) is 1. The fraction of sp³-hybridized carbons (Fsp3) is 0.435. The molecule has 1 aliphatic heterocycles. The van der Waals surface area contributed by atoms with Gasteiger partial charge in [-0.05, 0) is 89.0 Å². The Morgan fingerprint density at radius 1 is 1.12 bits per heavy atom. The minimum atomic E-state index is -3.74. The molecule has 3 rings (SSSR count). The average Bonchev–Trinajstić information content (AvgIpc) is 2.70. The van der Waals surface area contributed by atoms with Gasteiger partial charge < -0.3 is 10.2 Å². The lowest BCUT2D eigenvalue weighted by atomic mass is 9.91. The first-order valence-electron chi connectivity index (χ1n) is 10.5. The average molecular weight is 500 g/mol. The SMILES string of the molecule is Cc1ccccc1C(=O)Nc1cc(C)c(S(=O)(=O)NC(C)C2CCN(C)CC2)cc1Cl.Cl. The minimum Gasteiger partial charge on any atom is -0.321 e. The Morgan fingerprint density at radius 3 is 2.38 bits per heavy atom. The third-order valence-electron chi connectivity index (χ3n) is 6.00. The first kappa shape index (κ1) is 26.6. The zero-order chi connectivity index (χ0) is 22.8.